The van der Waals surface area contributed by atoms with Gasteiger partial charge in [0, 0.05) is 6.54 Å². The van der Waals surface area contributed by atoms with Crippen LogP contribution in [0.3, 0.4) is 0 Å². The van der Waals surface area contributed by atoms with Crippen molar-refractivity contribution in [3.8, 4) is 5.88 Å². The lowest BCUT2D eigenvalue weighted by Crippen LogP contribution is -2.29. The van der Waals surface area contributed by atoms with Crippen LogP contribution in [0.15, 0.2) is 17.8 Å². The Kier molecular flexibility index (Phi) is 4.46. The van der Waals surface area contributed by atoms with Crippen molar-refractivity contribution in [2.45, 2.75) is 19.8 Å². The van der Waals surface area contributed by atoms with Crippen LogP contribution in [0.5, 0.6) is 5.88 Å². The van der Waals surface area contributed by atoms with Crippen molar-refractivity contribution in [1.29, 1.82) is 0 Å². The lowest BCUT2D eigenvalue weighted by Gasteiger charge is -2.06. The van der Waals surface area contributed by atoms with Crippen LogP contribution in [0.4, 0.5) is 0 Å². The number of unbranched alkanes of at least 4 members (excludes halogenated alkanes) is 1. The molecule has 0 unspecified atom stereocenters. The summed E-state index contributed by atoms with van der Waals surface area (Å²) in [7, 11) is 0. The van der Waals surface area contributed by atoms with E-state index in [0.717, 1.165) is 23.1 Å². The molecule has 0 aliphatic carbocycles. The summed E-state index contributed by atoms with van der Waals surface area (Å²) >= 11 is 1.52. The standard InChI is InChI=1S/C12H15N3O2S/c1-2-3-5-13-10(16)7-17-11-9-4-6-18-12(9)15-8-14-11/h4,6,8H,2-3,5,7H2,1H3,(H,13,16). The predicted molar refractivity (Wildman–Crippen MR) is 70.8 cm³/mol. The fourth-order valence-electron chi connectivity index (χ4n) is 1.47. The number of hydrogen-bond donors (Lipinski definition) is 1. The summed E-state index contributed by atoms with van der Waals surface area (Å²) in [4.78, 5) is 20.5. The highest BCUT2D eigenvalue weighted by atomic mass is 32.1. The van der Waals surface area contributed by atoms with Crippen LogP contribution in [0.25, 0.3) is 10.2 Å². The Labute approximate surface area is 109 Å². The summed E-state index contributed by atoms with van der Waals surface area (Å²) in [5, 5.41) is 5.57. The van der Waals surface area contributed by atoms with Crippen LogP contribution in [-0.2, 0) is 4.79 Å². The van der Waals surface area contributed by atoms with Crippen LogP contribution in [-0.4, -0.2) is 29.0 Å². The number of thiophene rings is 1. The van der Waals surface area contributed by atoms with Crippen molar-refractivity contribution in [2.24, 2.45) is 0 Å². The highest BCUT2D eigenvalue weighted by Crippen LogP contribution is 2.25. The normalized spacial score (nSPS) is 10.5. The molecular formula is C12H15N3O2S. The van der Waals surface area contributed by atoms with Crippen LogP contribution < -0.4 is 10.1 Å². The molecule has 0 aliphatic heterocycles. The summed E-state index contributed by atoms with van der Waals surface area (Å²) < 4.78 is 5.41. The first-order valence-electron chi connectivity index (χ1n) is 5.89. The fourth-order valence-corrected chi connectivity index (χ4v) is 2.20. The molecule has 2 aromatic heterocycles. The quantitative estimate of drug-likeness (QED) is 0.811. The first-order valence-corrected chi connectivity index (χ1v) is 6.77. The van der Waals surface area contributed by atoms with E-state index in [1.54, 1.807) is 0 Å². The van der Waals surface area contributed by atoms with E-state index in [2.05, 4.69) is 22.2 Å². The zero-order valence-electron chi connectivity index (χ0n) is 10.2. The molecule has 96 valence electrons. The number of amides is 1. The first-order chi connectivity index (χ1) is 8.81. The minimum atomic E-state index is -0.120. The van der Waals surface area contributed by atoms with Gasteiger partial charge in [0.2, 0.25) is 5.88 Å². The third-order valence-electron chi connectivity index (χ3n) is 2.42. The number of ether oxygens (including phenoxy) is 1. The van der Waals surface area contributed by atoms with Gasteiger partial charge in [0.1, 0.15) is 11.2 Å². The highest BCUT2D eigenvalue weighted by molar-refractivity contribution is 7.16. The topological polar surface area (TPSA) is 64.1 Å². The zero-order valence-corrected chi connectivity index (χ0v) is 11.0. The lowest BCUT2D eigenvalue weighted by molar-refractivity contribution is -0.123. The molecule has 1 amide bonds. The Balaban J connectivity index is 1.90. The van der Waals surface area contributed by atoms with Gasteiger partial charge in [0.25, 0.3) is 5.91 Å². The zero-order chi connectivity index (χ0) is 12.8. The van der Waals surface area contributed by atoms with Crippen molar-refractivity contribution in [3.63, 3.8) is 0 Å². The highest BCUT2D eigenvalue weighted by Gasteiger charge is 2.08. The van der Waals surface area contributed by atoms with Crippen molar-refractivity contribution in [2.75, 3.05) is 13.2 Å². The molecule has 0 aliphatic rings. The molecule has 0 saturated carbocycles. The molecule has 5 nitrogen and oxygen atoms in total. The minimum Gasteiger partial charge on any atom is -0.467 e. The molecule has 0 fully saturated rings. The van der Waals surface area contributed by atoms with E-state index in [9.17, 15) is 4.79 Å². The maximum atomic E-state index is 11.5. The van der Waals surface area contributed by atoms with E-state index >= 15 is 0 Å². The van der Waals surface area contributed by atoms with Gasteiger partial charge in [-0.3, -0.25) is 4.79 Å². The van der Waals surface area contributed by atoms with Gasteiger partial charge in [-0.25, -0.2) is 9.97 Å². The number of carbonyl (C=O) groups excluding carboxylic acids is 1. The van der Waals surface area contributed by atoms with E-state index in [4.69, 9.17) is 4.74 Å². The van der Waals surface area contributed by atoms with Crippen LogP contribution >= 0.6 is 11.3 Å². The summed E-state index contributed by atoms with van der Waals surface area (Å²) in [6, 6.07) is 1.89. The Hall–Kier alpha value is -1.69. The van der Waals surface area contributed by atoms with Gasteiger partial charge in [-0.1, -0.05) is 13.3 Å². The monoisotopic (exact) mass is 265 g/mol. The van der Waals surface area contributed by atoms with Gasteiger partial charge in [-0.05, 0) is 17.9 Å². The van der Waals surface area contributed by atoms with E-state index in [1.165, 1.54) is 17.7 Å². The average molecular weight is 265 g/mol. The third-order valence-corrected chi connectivity index (χ3v) is 3.24. The molecular weight excluding hydrogens is 250 g/mol. The Morgan fingerprint density at radius 1 is 1.50 bits per heavy atom. The van der Waals surface area contributed by atoms with Crippen LogP contribution in [0.1, 0.15) is 19.8 Å². The van der Waals surface area contributed by atoms with Crippen LogP contribution in [0, 0.1) is 0 Å². The molecule has 0 spiro atoms. The Bertz CT molecular complexity index is 527. The van der Waals surface area contributed by atoms with Crippen molar-refractivity contribution >= 4 is 27.5 Å². The summed E-state index contributed by atoms with van der Waals surface area (Å²) in [5.74, 6) is 0.345. The molecule has 18 heavy (non-hydrogen) atoms. The number of nitrogens with zero attached hydrogens (tertiary/aromatic N) is 2. The second kappa shape index (κ2) is 6.30. The second-order valence-electron chi connectivity index (χ2n) is 3.81. The van der Waals surface area contributed by atoms with Crippen molar-refractivity contribution in [1.82, 2.24) is 15.3 Å². The van der Waals surface area contributed by atoms with E-state index < -0.39 is 0 Å². The fraction of sp³-hybridized carbons (Fsp3) is 0.417. The van der Waals surface area contributed by atoms with Crippen LogP contribution in [0.2, 0.25) is 0 Å². The molecule has 1 N–H and O–H groups in total. The summed E-state index contributed by atoms with van der Waals surface area (Å²) in [6.45, 7) is 2.76. The maximum Gasteiger partial charge on any atom is 0.258 e. The first kappa shape index (κ1) is 12.8. The SMILES string of the molecule is CCCCNC(=O)COc1ncnc2sccc12. The van der Waals surface area contributed by atoms with E-state index in [1.807, 2.05) is 11.4 Å². The van der Waals surface area contributed by atoms with Gasteiger partial charge >= 0.3 is 0 Å². The Morgan fingerprint density at radius 2 is 2.39 bits per heavy atom. The van der Waals surface area contributed by atoms with Gasteiger partial charge in [0.05, 0.1) is 5.39 Å². The number of carbonyl (C=O) groups is 1. The lowest BCUT2D eigenvalue weighted by atomic mass is 10.3. The molecule has 6 heteroatoms. The van der Waals surface area contributed by atoms with Crippen molar-refractivity contribution in [3.05, 3.63) is 17.8 Å². The van der Waals surface area contributed by atoms with Gasteiger partial charge in [-0.15, -0.1) is 11.3 Å². The second-order valence-corrected chi connectivity index (χ2v) is 4.70. The molecule has 0 atom stereocenters. The molecule has 2 aromatic rings. The number of nitrogens with one attached hydrogen (secondary N) is 1. The van der Waals surface area contributed by atoms with Crippen molar-refractivity contribution < 1.29 is 9.53 Å². The number of aromatic nitrogens is 2. The van der Waals surface area contributed by atoms with E-state index in [-0.39, 0.29) is 12.5 Å². The largest absolute Gasteiger partial charge is 0.467 e. The Morgan fingerprint density at radius 3 is 3.22 bits per heavy atom. The minimum absolute atomic E-state index is 0.00826. The summed E-state index contributed by atoms with van der Waals surface area (Å²) in [6.07, 6.45) is 3.49. The third kappa shape index (κ3) is 3.16. The van der Waals surface area contributed by atoms with E-state index in [0.29, 0.717) is 12.4 Å². The smallest absolute Gasteiger partial charge is 0.258 e. The predicted octanol–water partition coefficient (Wildman–Crippen LogP) is 1.99. The number of fused-ring (bicyclic) bond motifs is 1. The van der Waals surface area contributed by atoms with Gasteiger partial charge in [0.15, 0.2) is 6.61 Å². The molecule has 0 saturated heterocycles. The van der Waals surface area contributed by atoms with Gasteiger partial charge in [-0.2, -0.15) is 0 Å². The number of hydrogen-bond acceptors (Lipinski definition) is 5. The molecule has 0 bridgehead atoms. The molecule has 0 aromatic carbocycles. The average Bonchev–Trinajstić information content (AvgIpc) is 2.85. The van der Waals surface area contributed by atoms with Gasteiger partial charge < -0.3 is 10.1 Å². The molecule has 2 heterocycles. The molecule has 2 rings (SSSR count). The number of rotatable bonds is 6. The summed E-state index contributed by atoms with van der Waals surface area (Å²) in [5.41, 5.74) is 0. The molecule has 0 radical (unpaired) electrons. The maximum absolute atomic E-state index is 11.5.